The van der Waals surface area contributed by atoms with Gasteiger partial charge in [0, 0.05) is 50.2 Å². The molecule has 0 radical (unpaired) electrons. The monoisotopic (exact) mass is 400 g/mol. The molecule has 158 valence electrons. The molecule has 1 atom stereocenters. The molecule has 1 aromatic heterocycles. The molecule has 2 aliphatic heterocycles. The second kappa shape index (κ2) is 9.22. The van der Waals surface area contributed by atoms with Gasteiger partial charge in [-0.1, -0.05) is 13.0 Å². The smallest absolute Gasteiger partial charge is 0.250 e. The highest BCUT2D eigenvalue weighted by atomic mass is 16.5. The number of hydrogen-bond donors (Lipinski definition) is 0. The third-order valence-electron chi connectivity index (χ3n) is 6.64. The van der Waals surface area contributed by atoms with Crippen molar-refractivity contribution in [1.29, 1.82) is 0 Å². The van der Waals surface area contributed by atoms with Crippen LogP contribution < -0.4 is 0 Å². The van der Waals surface area contributed by atoms with Crippen molar-refractivity contribution in [1.82, 2.24) is 19.7 Å². The third kappa shape index (κ3) is 4.61. The summed E-state index contributed by atoms with van der Waals surface area (Å²) in [6.07, 6.45) is 7.67. The van der Waals surface area contributed by atoms with Gasteiger partial charge in [-0.05, 0) is 37.7 Å². The van der Waals surface area contributed by atoms with Crippen LogP contribution in [0.15, 0.2) is 24.5 Å². The molecule has 1 unspecified atom stereocenters. The van der Waals surface area contributed by atoms with Gasteiger partial charge in [0.1, 0.15) is 12.6 Å². The van der Waals surface area contributed by atoms with Crippen molar-refractivity contribution in [3.63, 3.8) is 0 Å². The van der Waals surface area contributed by atoms with Crippen LogP contribution in [0.1, 0.15) is 44.2 Å². The number of hydrogen-bond acceptors (Lipinski definition) is 5. The molecule has 3 heterocycles. The molecule has 2 amide bonds. The summed E-state index contributed by atoms with van der Waals surface area (Å²) in [6, 6.07) is 3.37. The molecule has 7 heteroatoms. The van der Waals surface area contributed by atoms with E-state index in [1.807, 2.05) is 17.0 Å². The first-order valence-corrected chi connectivity index (χ1v) is 10.9. The van der Waals surface area contributed by atoms with Crippen LogP contribution in [0.25, 0.3) is 0 Å². The average molecular weight is 401 g/mol. The van der Waals surface area contributed by atoms with Gasteiger partial charge in [-0.25, -0.2) is 0 Å². The summed E-state index contributed by atoms with van der Waals surface area (Å²) >= 11 is 0. The lowest BCUT2D eigenvalue weighted by Gasteiger charge is -2.45. The minimum absolute atomic E-state index is 0.0466. The maximum atomic E-state index is 13.6. The standard InChI is InChI=1S/C22H32N4O3/c1-17-4-6-19(7-5-17)26-16-20(27)25(10-9-24-11-13-29-14-12-24)21(22(26)28)18-3-2-8-23-15-18/h2-3,8,15,17,19,21H,4-7,9-14,16H2,1H3. The van der Waals surface area contributed by atoms with E-state index in [1.165, 1.54) is 0 Å². The van der Waals surface area contributed by atoms with E-state index in [0.29, 0.717) is 12.5 Å². The van der Waals surface area contributed by atoms with Gasteiger partial charge in [0.05, 0.1) is 13.2 Å². The van der Waals surface area contributed by atoms with Crippen molar-refractivity contribution >= 4 is 11.8 Å². The zero-order valence-electron chi connectivity index (χ0n) is 17.3. The lowest BCUT2D eigenvalue weighted by atomic mass is 9.85. The van der Waals surface area contributed by atoms with Crippen LogP contribution in [0.3, 0.4) is 0 Å². The average Bonchev–Trinajstić information content (AvgIpc) is 2.76. The topological polar surface area (TPSA) is 66.0 Å². The molecule has 7 nitrogen and oxygen atoms in total. The largest absolute Gasteiger partial charge is 0.379 e. The zero-order chi connectivity index (χ0) is 20.2. The Hall–Kier alpha value is -1.99. The Balaban J connectivity index is 1.52. The molecule has 1 saturated carbocycles. The Kier molecular flexibility index (Phi) is 6.45. The Morgan fingerprint density at radius 2 is 1.86 bits per heavy atom. The summed E-state index contributed by atoms with van der Waals surface area (Å²) in [7, 11) is 0. The molecule has 0 bridgehead atoms. The number of aromatic nitrogens is 1. The molecule has 1 aliphatic carbocycles. The van der Waals surface area contributed by atoms with Crippen LogP contribution in [-0.4, -0.2) is 83.5 Å². The van der Waals surface area contributed by atoms with Crippen LogP contribution in [-0.2, 0) is 14.3 Å². The van der Waals surface area contributed by atoms with Gasteiger partial charge in [0.15, 0.2) is 0 Å². The molecular formula is C22H32N4O3. The van der Waals surface area contributed by atoms with Crippen molar-refractivity contribution in [3.05, 3.63) is 30.1 Å². The summed E-state index contributed by atoms with van der Waals surface area (Å²) in [5.41, 5.74) is 0.807. The first kappa shape index (κ1) is 20.3. The minimum atomic E-state index is -0.564. The number of amides is 2. The number of pyridine rings is 1. The lowest BCUT2D eigenvalue weighted by Crippen LogP contribution is -2.59. The van der Waals surface area contributed by atoms with Gasteiger partial charge in [-0.15, -0.1) is 0 Å². The highest BCUT2D eigenvalue weighted by Crippen LogP contribution is 2.33. The van der Waals surface area contributed by atoms with Gasteiger partial charge >= 0.3 is 0 Å². The summed E-state index contributed by atoms with van der Waals surface area (Å²) < 4.78 is 5.42. The van der Waals surface area contributed by atoms with Crippen molar-refractivity contribution in [2.24, 2.45) is 5.92 Å². The molecule has 4 rings (SSSR count). The molecule has 0 aromatic carbocycles. The molecular weight excluding hydrogens is 368 g/mol. The summed E-state index contributed by atoms with van der Waals surface area (Å²) in [5, 5.41) is 0. The van der Waals surface area contributed by atoms with Crippen molar-refractivity contribution < 1.29 is 14.3 Å². The molecule has 2 saturated heterocycles. The number of carbonyl (C=O) groups is 2. The lowest BCUT2D eigenvalue weighted by molar-refractivity contribution is -0.159. The van der Waals surface area contributed by atoms with Gasteiger partial charge in [0.2, 0.25) is 5.91 Å². The Bertz CT molecular complexity index is 699. The third-order valence-corrected chi connectivity index (χ3v) is 6.64. The number of ether oxygens (including phenoxy) is 1. The quantitative estimate of drug-likeness (QED) is 0.753. The van der Waals surface area contributed by atoms with E-state index in [2.05, 4.69) is 16.8 Å². The normalized spacial score (nSPS) is 29.3. The summed E-state index contributed by atoms with van der Waals surface area (Å²) in [5.74, 6) is 0.811. The molecule has 3 aliphatic rings. The molecule has 0 spiro atoms. The Labute approximate surface area is 173 Å². The first-order chi connectivity index (χ1) is 14.1. The van der Waals surface area contributed by atoms with Crippen LogP contribution in [0.5, 0.6) is 0 Å². The van der Waals surface area contributed by atoms with E-state index in [-0.39, 0.29) is 24.4 Å². The Morgan fingerprint density at radius 1 is 1.10 bits per heavy atom. The van der Waals surface area contributed by atoms with E-state index in [1.54, 1.807) is 17.3 Å². The van der Waals surface area contributed by atoms with Crippen molar-refractivity contribution in [2.75, 3.05) is 45.9 Å². The molecule has 3 fully saturated rings. The van der Waals surface area contributed by atoms with Crippen LogP contribution in [0, 0.1) is 5.92 Å². The van der Waals surface area contributed by atoms with Gasteiger partial charge < -0.3 is 14.5 Å². The molecule has 0 N–H and O–H groups in total. The zero-order valence-corrected chi connectivity index (χ0v) is 17.3. The fourth-order valence-corrected chi connectivity index (χ4v) is 4.80. The SMILES string of the molecule is CC1CCC(N2CC(=O)N(CCN3CCOCC3)C(c3cccnc3)C2=O)CC1. The van der Waals surface area contributed by atoms with E-state index in [9.17, 15) is 9.59 Å². The predicted molar refractivity (Wildman–Crippen MR) is 109 cm³/mol. The fourth-order valence-electron chi connectivity index (χ4n) is 4.80. The number of carbonyl (C=O) groups excluding carboxylic acids is 2. The second-order valence-corrected chi connectivity index (χ2v) is 8.61. The molecule has 29 heavy (non-hydrogen) atoms. The number of morpholine rings is 1. The summed E-state index contributed by atoms with van der Waals surface area (Å²) in [4.78, 5) is 36.9. The van der Waals surface area contributed by atoms with Gasteiger partial charge in [0.25, 0.3) is 5.91 Å². The van der Waals surface area contributed by atoms with E-state index < -0.39 is 6.04 Å². The van der Waals surface area contributed by atoms with Crippen LogP contribution in [0.4, 0.5) is 0 Å². The van der Waals surface area contributed by atoms with E-state index in [4.69, 9.17) is 4.74 Å². The second-order valence-electron chi connectivity index (χ2n) is 8.61. The first-order valence-electron chi connectivity index (χ1n) is 10.9. The predicted octanol–water partition coefficient (Wildman–Crippen LogP) is 1.70. The highest BCUT2D eigenvalue weighted by Gasteiger charge is 2.43. The van der Waals surface area contributed by atoms with Gasteiger partial charge in [-0.3, -0.25) is 19.5 Å². The number of nitrogens with zero attached hydrogens (tertiary/aromatic N) is 4. The number of piperazine rings is 1. The highest BCUT2D eigenvalue weighted by molar-refractivity contribution is 5.95. The number of rotatable bonds is 5. The maximum Gasteiger partial charge on any atom is 0.250 e. The fraction of sp³-hybridized carbons (Fsp3) is 0.682. The van der Waals surface area contributed by atoms with E-state index >= 15 is 0 Å². The maximum absolute atomic E-state index is 13.6. The van der Waals surface area contributed by atoms with Crippen molar-refractivity contribution in [2.45, 2.75) is 44.7 Å². The van der Waals surface area contributed by atoms with E-state index in [0.717, 1.165) is 64.1 Å². The van der Waals surface area contributed by atoms with Gasteiger partial charge in [-0.2, -0.15) is 0 Å². The summed E-state index contributed by atoms with van der Waals surface area (Å²) in [6.45, 7) is 7.00. The van der Waals surface area contributed by atoms with Crippen LogP contribution in [0.2, 0.25) is 0 Å². The van der Waals surface area contributed by atoms with Crippen molar-refractivity contribution in [3.8, 4) is 0 Å². The minimum Gasteiger partial charge on any atom is -0.379 e. The van der Waals surface area contributed by atoms with Crippen LogP contribution >= 0.6 is 0 Å². The molecule has 1 aromatic rings. The Morgan fingerprint density at radius 3 is 2.55 bits per heavy atom.